The molecule has 0 aromatic carbocycles. The summed E-state index contributed by atoms with van der Waals surface area (Å²) in [6.07, 6.45) is -12.7. The quantitative estimate of drug-likeness (QED) is 0.384. The number of carbonyl (C=O) groups is 1. The fourth-order valence-corrected chi connectivity index (χ4v) is 0.483. The highest BCUT2D eigenvalue weighted by molar-refractivity contribution is 5.53. The van der Waals surface area contributed by atoms with Crippen LogP contribution in [0.5, 0.6) is 0 Å². The number of rotatable bonds is 3. The lowest BCUT2D eigenvalue weighted by Crippen LogP contribution is -2.40. The molecule has 0 fully saturated rings. The first-order valence-electron chi connectivity index (χ1n) is 3.00. The van der Waals surface area contributed by atoms with Crippen LogP contribution < -0.4 is 5.11 Å². The maximum atomic E-state index is 12.2. The van der Waals surface area contributed by atoms with Gasteiger partial charge in [-0.25, -0.2) is 9.28 Å². The Balaban J connectivity index is 4.20. The second-order valence-electron chi connectivity index (χ2n) is 2.07. The van der Waals surface area contributed by atoms with Gasteiger partial charge in [0, 0.05) is 0 Å². The smallest absolute Gasteiger partial charge is 0.420 e. The van der Waals surface area contributed by atoms with Crippen LogP contribution in [-0.2, 0) is 9.78 Å². The molecule has 0 saturated carbocycles. The lowest BCUT2D eigenvalue weighted by Gasteiger charge is -2.22. The molecule has 0 aliphatic rings. The largest absolute Gasteiger partial charge is 0.424 e. The van der Waals surface area contributed by atoms with Gasteiger partial charge in [-0.2, -0.15) is 13.2 Å². The van der Waals surface area contributed by atoms with Crippen LogP contribution >= 0.6 is 0 Å². The molecule has 0 aromatic heterocycles. The third-order valence-electron chi connectivity index (χ3n) is 0.960. The van der Waals surface area contributed by atoms with Crippen LogP contribution in [0.25, 0.3) is 0 Å². The molecule has 13 heavy (non-hydrogen) atoms. The van der Waals surface area contributed by atoms with Gasteiger partial charge >= 0.3 is 6.18 Å². The molecular weight excluding hydrogens is 200 g/mol. The molecule has 4 nitrogen and oxygen atoms in total. The molecular formula is C5H5F4O4-. The lowest BCUT2D eigenvalue weighted by molar-refractivity contribution is -0.406. The SMILES string of the molecule is CC(F)C(OOC(=O)[O-])C(F)(F)F. The average molecular weight is 205 g/mol. The Bertz CT molecular complexity index is 178. The summed E-state index contributed by atoms with van der Waals surface area (Å²) >= 11 is 0. The highest BCUT2D eigenvalue weighted by Gasteiger charge is 2.45. The summed E-state index contributed by atoms with van der Waals surface area (Å²) in [4.78, 5) is 15.8. The molecule has 0 spiro atoms. The van der Waals surface area contributed by atoms with Crippen molar-refractivity contribution in [1.29, 1.82) is 0 Å². The third-order valence-corrected chi connectivity index (χ3v) is 0.960. The fourth-order valence-electron chi connectivity index (χ4n) is 0.483. The number of carboxylic acid groups (broad SMARTS) is 1. The van der Waals surface area contributed by atoms with Gasteiger partial charge in [-0.1, -0.05) is 0 Å². The van der Waals surface area contributed by atoms with Crippen LogP contribution in [0.4, 0.5) is 22.4 Å². The Morgan fingerprint density at radius 3 is 2.15 bits per heavy atom. The van der Waals surface area contributed by atoms with Crippen LogP contribution in [0.15, 0.2) is 0 Å². The molecule has 0 aliphatic heterocycles. The van der Waals surface area contributed by atoms with Crippen molar-refractivity contribution in [2.45, 2.75) is 25.4 Å². The molecule has 0 aromatic rings. The van der Waals surface area contributed by atoms with E-state index in [4.69, 9.17) is 0 Å². The van der Waals surface area contributed by atoms with E-state index in [1.807, 2.05) is 0 Å². The molecule has 0 aliphatic carbocycles. The molecule has 0 radical (unpaired) electrons. The van der Waals surface area contributed by atoms with E-state index in [-0.39, 0.29) is 0 Å². The first-order valence-corrected chi connectivity index (χ1v) is 3.00. The summed E-state index contributed by atoms with van der Waals surface area (Å²) in [5, 5.41) is 9.51. The zero-order chi connectivity index (χ0) is 10.6. The van der Waals surface area contributed by atoms with Crippen molar-refractivity contribution in [3.63, 3.8) is 0 Å². The minimum atomic E-state index is -5.04. The van der Waals surface area contributed by atoms with Gasteiger partial charge in [0.05, 0.1) is 0 Å². The molecule has 8 heteroatoms. The number of hydrogen-bond donors (Lipinski definition) is 0. The van der Waals surface area contributed by atoms with E-state index in [0.717, 1.165) is 0 Å². The molecule has 0 saturated heterocycles. The maximum Gasteiger partial charge on any atom is 0.420 e. The van der Waals surface area contributed by atoms with Crippen molar-refractivity contribution in [3.05, 3.63) is 0 Å². The van der Waals surface area contributed by atoms with Crippen molar-refractivity contribution in [3.8, 4) is 0 Å². The van der Waals surface area contributed by atoms with E-state index in [2.05, 4.69) is 9.78 Å². The van der Waals surface area contributed by atoms with Gasteiger partial charge in [0.1, 0.15) is 6.17 Å². The standard InChI is InChI=1S/C5H6F4O4/c1-2(6)3(5(7,8)9)12-13-4(10)11/h2-3H,1H3,(H,10,11)/p-1. The predicted molar refractivity (Wildman–Crippen MR) is 28.0 cm³/mol. The second kappa shape index (κ2) is 4.26. The van der Waals surface area contributed by atoms with Gasteiger partial charge in [-0.15, -0.1) is 0 Å². The first kappa shape index (κ1) is 11.9. The van der Waals surface area contributed by atoms with Crippen LogP contribution in [0.3, 0.4) is 0 Å². The lowest BCUT2D eigenvalue weighted by atomic mass is 10.2. The summed E-state index contributed by atoms with van der Waals surface area (Å²) in [5.41, 5.74) is 0. The number of carbonyl (C=O) groups excluding carboxylic acids is 1. The van der Waals surface area contributed by atoms with Gasteiger partial charge in [-0.3, -0.25) is 0 Å². The van der Waals surface area contributed by atoms with Gasteiger partial charge in [0.25, 0.3) is 6.16 Å². The van der Waals surface area contributed by atoms with Crippen LogP contribution in [0, 0.1) is 0 Å². The van der Waals surface area contributed by atoms with E-state index in [0.29, 0.717) is 6.92 Å². The van der Waals surface area contributed by atoms with Gasteiger partial charge in [0.2, 0.25) is 6.10 Å². The van der Waals surface area contributed by atoms with Crippen LogP contribution in [0.1, 0.15) is 6.92 Å². The highest BCUT2D eigenvalue weighted by atomic mass is 19.4. The Morgan fingerprint density at radius 1 is 1.46 bits per heavy atom. The van der Waals surface area contributed by atoms with Gasteiger partial charge in [-0.05, 0) is 6.92 Å². The normalized spacial score (nSPS) is 16.4. The molecule has 0 amide bonds. The highest BCUT2D eigenvalue weighted by Crippen LogP contribution is 2.26. The second-order valence-corrected chi connectivity index (χ2v) is 2.07. The maximum absolute atomic E-state index is 12.2. The minimum absolute atomic E-state index is 0.552. The third kappa shape index (κ3) is 4.51. The Morgan fingerprint density at radius 2 is 1.92 bits per heavy atom. The topological polar surface area (TPSA) is 58.6 Å². The number of alkyl halides is 4. The minimum Gasteiger partial charge on any atom is -0.424 e. The molecule has 0 heterocycles. The predicted octanol–water partition coefficient (Wildman–Crippen LogP) is 0.567. The molecule has 0 N–H and O–H groups in total. The van der Waals surface area contributed by atoms with E-state index < -0.39 is 24.6 Å². The molecule has 0 rings (SSSR count). The number of halogens is 4. The van der Waals surface area contributed by atoms with Crippen molar-refractivity contribution < 1.29 is 37.2 Å². The van der Waals surface area contributed by atoms with Crippen molar-refractivity contribution in [2.24, 2.45) is 0 Å². The summed E-state index contributed by atoms with van der Waals surface area (Å²) < 4.78 is 47.5. The summed E-state index contributed by atoms with van der Waals surface area (Å²) in [7, 11) is 0. The zero-order valence-corrected chi connectivity index (χ0v) is 6.30. The summed E-state index contributed by atoms with van der Waals surface area (Å²) in [6, 6.07) is 0. The van der Waals surface area contributed by atoms with Crippen LogP contribution in [0.2, 0.25) is 0 Å². The molecule has 78 valence electrons. The van der Waals surface area contributed by atoms with Crippen LogP contribution in [-0.4, -0.2) is 24.6 Å². The van der Waals surface area contributed by atoms with Gasteiger partial charge in [0.15, 0.2) is 0 Å². The average Bonchev–Trinajstić information content (AvgIpc) is 1.81. The Hall–Kier alpha value is -1.05. The van der Waals surface area contributed by atoms with Crippen molar-refractivity contribution in [1.82, 2.24) is 0 Å². The molecule has 0 bridgehead atoms. The van der Waals surface area contributed by atoms with Crippen molar-refractivity contribution >= 4 is 6.16 Å². The number of hydrogen-bond acceptors (Lipinski definition) is 4. The van der Waals surface area contributed by atoms with Gasteiger partial charge < -0.3 is 14.8 Å². The molecule has 2 atom stereocenters. The van der Waals surface area contributed by atoms with E-state index >= 15 is 0 Å². The van der Waals surface area contributed by atoms with E-state index in [1.54, 1.807) is 0 Å². The van der Waals surface area contributed by atoms with E-state index in [1.165, 1.54) is 0 Å². The Kier molecular flexibility index (Phi) is 3.92. The first-order chi connectivity index (χ1) is 5.75. The van der Waals surface area contributed by atoms with E-state index in [9.17, 15) is 27.5 Å². The summed E-state index contributed by atoms with van der Waals surface area (Å²) in [5.74, 6) is 0. The summed E-state index contributed by atoms with van der Waals surface area (Å²) in [6.45, 7) is 0.552. The Labute approximate surface area is 70.0 Å². The van der Waals surface area contributed by atoms with Crippen molar-refractivity contribution in [2.75, 3.05) is 0 Å². The monoisotopic (exact) mass is 205 g/mol. The molecule has 2 unspecified atom stereocenters. The fraction of sp³-hybridized carbons (Fsp3) is 0.800. The zero-order valence-electron chi connectivity index (χ0n) is 6.30.